The number of nitrogens with zero attached hydrogens (tertiary/aromatic N) is 4. The van der Waals surface area contributed by atoms with Gasteiger partial charge in [0, 0.05) is 43.8 Å². The number of pyridine rings is 1. The fraction of sp³-hybridized carbons (Fsp3) is 0.250. The third-order valence-corrected chi connectivity index (χ3v) is 4.61. The number of fused-ring (bicyclic) bond motifs is 1. The molecule has 3 heterocycles. The number of phenols is 1. The number of aromatic hydroxyl groups is 1. The molecule has 0 saturated carbocycles. The molecule has 132 valence electrons. The molecule has 0 bridgehead atoms. The molecule has 2 aromatic heterocycles. The molecule has 0 amide bonds. The van der Waals surface area contributed by atoms with Crippen LogP contribution in [0.2, 0.25) is 0 Å². The van der Waals surface area contributed by atoms with E-state index in [1.54, 1.807) is 31.6 Å². The standard InChI is InChI=1S/C20H20N4O2/c1-26-19-3-2-14(10-18(19)25)12-24-9-6-16-11-22-20(23-17(16)13-24)15-4-7-21-8-5-15/h2-5,7-8,10-11,25H,6,9,12-13H2,1H3. The normalized spacial score (nSPS) is 14.0. The molecule has 26 heavy (non-hydrogen) atoms. The second-order valence-corrected chi connectivity index (χ2v) is 6.37. The van der Waals surface area contributed by atoms with Crippen LogP contribution in [0.4, 0.5) is 0 Å². The smallest absolute Gasteiger partial charge is 0.160 e. The average Bonchev–Trinajstić information content (AvgIpc) is 2.68. The first-order valence-electron chi connectivity index (χ1n) is 8.56. The van der Waals surface area contributed by atoms with Gasteiger partial charge in [-0.1, -0.05) is 6.07 Å². The van der Waals surface area contributed by atoms with Crippen LogP contribution in [0.25, 0.3) is 11.4 Å². The lowest BCUT2D eigenvalue weighted by molar-refractivity contribution is 0.241. The zero-order valence-electron chi connectivity index (χ0n) is 14.6. The summed E-state index contributed by atoms with van der Waals surface area (Å²) in [5.41, 5.74) is 4.29. The second kappa shape index (κ2) is 7.09. The van der Waals surface area contributed by atoms with Gasteiger partial charge in [0.05, 0.1) is 12.8 Å². The lowest BCUT2D eigenvalue weighted by atomic mass is 10.1. The topological polar surface area (TPSA) is 71.4 Å². The zero-order valence-corrected chi connectivity index (χ0v) is 14.6. The number of hydrogen-bond acceptors (Lipinski definition) is 6. The van der Waals surface area contributed by atoms with E-state index in [-0.39, 0.29) is 5.75 Å². The van der Waals surface area contributed by atoms with Crippen molar-refractivity contribution in [2.45, 2.75) is 19.5 Å². The summed E-state index contributed by atoms with van der Waals surface area (Å²) in [6.45, 7) is 2.46. The fourth-order valence-electron chi connectivity index (χ4n) is 3.22. The summed E-state index contributed by atoms with van der Waals surface area (Å²) in [5.74, 6) is 1.40. The maximum Gasteiger partial charge on any atom is 0.160 e. The van der Waals surface area contributed by atoms with Crippen LogP contribution in [0, 0.1) is 0 Å². The monoisotopic (exact) mass is 348 g/mol. The van der Waals surface area contributed by atoms with Crippen LogP contribution in [0.3, 0.4) is 0 Å². The summed E-state index contributed by atoms with van der Waals surface area (Å²) in [7, 11) is 1.55. The summed E-state index contributed by atoms with van der Waals surface area (Å²) < 4.78 is 5.11. The van der Waals surface area contributed by atoms with Gasteiger partial charge in [-0.2, -0.15) is 0 Å². The van der Waals surface area contributed by atoms with E-state index in [1.165, 1.54) is 5.56 Å². The third kappa shape index (κ3) is 3.36. The summed E-state index contributed by atoms with van der Waals surface area (Å²) in [6.07, 6.45) is 6.37. The van der Waals surface area contributed by atoms with Crippen molar-refractivity contribution in [2.24, 2.45) is 0 Å². The minimum absolute atomic E-state index is 0.171. The number of methoxy groups -OCH3 is 1. The third-order valence-electron chi connectivity index (χ3n) is 4.61. The maximum absolute atomic E-state index is 9.97. The molecule has 1 aliphatic heterocycles. The molecule has 0 radical (unpaired) electrons. The number of phenolic OH excluding ortho intramolecular Hbond substituents is 1. The Labute approximate surface area is 152 Å². The highest BCUT2D eigenvalue weighted by Gasteiger charge is 2.19. The highest BCUT2D eigenvalue weighted by atomic mass is 16.5. The SMILES string of the molecule is COc1ccc(CN2CCc3cnc(-c4ccncc4)nc3C2)cc1O. The van der Waals surface area contributed by atoms with Crippen LogP contribution in [-0.2, 0) is 19.5 Å². The van der Waals surface area contributed by atoms with Gasteiger partial charge in [0.15, 0.2) is 17.3 Å². The van der Waals surface area contributed by atoms with E-state index in [9.17, 15) is 5.11 Å². The van der Waals surface area contributed by atoms with Crippen LogP contribution in [0.5, 0.6) is 11.5 Å². The van der Waals surface area contributed by atoms with Crippen molar-refractivity contribution in [2.75, 3.05) is 13.7 Å². The number of hydrogen-bond donors (Lipinski definition) is 1. The fourth-order valence-corrected chi connectivity index (χ4v) is 3.22. The van der Waals surface area contributed by atoms with Crippen molar-refractivity contribution in [3.05, 3.63) is 65.7 Å². The summed E-state index contributed by atoms with van der Waals surface area (Å²) in [4.78, 5) is 15.6. The van der Waals surface area contributed by atoms with Crippen LogP contribution < -0.4 is 4.74 Å². The minimum Gasteiger partial charge on any atom is -0.504 e. The predicted octanol–water partition coefficient (Wildman–Crippen LogP) is 2.81. The number of benzene rings is 1. The van der Waals surface area contributed by atoms with E-state index < -0.39 is 0 Å². The van der Waals surface area contributed by atoms with Gasteiger partial charge in [0.2, 0.25) is 0 Å². The molecular formula is C20H20N4O2. The average molecular weight is 348 g/mol. The molecule has 6 nitrogen and oxygen atoms in total. The highest BCUT2D eigenvalue weighted by Crippen LogP contribution is 2.28. The molecule has 1 N–H and O–H groups in total. The van der Waals surface area contributed by atoms with Gasteiger partial charge in [0.1, 0.15) is 0 Å². The number of aromatic nitrogens is 3. The van der Waals surface area contributed by atoms with Crippen LogP contribution in [-0.4, -0.2) is 38.6 Å². The van der Waals surface area contributed by atoms with Gasteiger partial charge in [-0.05, 0) is 41.8 Å². The number of rotatable bonds is 4. The van der Waals surface area contributed by atoms with Gasteiger partial charge >= 0.3 is 0 Å². The Morgan fingerprint density at radius 1 is 1.19 bits per heavy atom. The van der Waals surface area contributed by atoms with Gasteiger partial charge in [-0.3, -0.25) is 9.88 Å². The quantitative estimate of drug-likeness (QED) is 0.782. The molecule has 1 aliphatic rings. The molecule has 4 rings (SSSR count). The van der Waals surface area contributed by atoms with E-state index in [0.717, 1.165) is 48.7 Å². The molecule has 0 atom stereocenters. The van der Waals surface area contributed by atoms with Crippen molar-refractivity contribution in [3.8, 4) is 22.9 Å². The van der Waals surface area contributed by atoms with E-state index in [4.69, 9.17) is 9.72 Å². The number of ether oxygens (including phenoxy) is 1. The zero-order chi connectivity index (χ0) is 17.9. The predicted molar refractivity (Wildman–Crippen MR) is 97.7 cm³/mol. The van der Waals surface area contributed by atoms with Crippen LogP contribution >= 0.6 is 0 Å². The van der Waals surface area contributed by atoms with Crippen LogP contribution in [0.1, 0.15) is 16.8 Å². The Morgan fingerprint density at radius 3 is 2.81 bits per heavy atom. The largest absolute Gasteiger partial charge is 0.504 e. The molecule has 0 unspecified atom stereocenters. The summed E-state index contributed by atoms with van der Waals surface area (Å²) in [5, 5.41) is 9.97. The Bertz CT molecular complexity index is 915. The van der Waals surface area contributed by atoms with E-state index >= 15 is 0 Å². The minimum atomic E-state index is 0.171. The van der Waals surface area contributed by atoms with E-state index in [0.29, 0.717) is 5.75 Å². The Kier molecular flexibility index (Phi) is 4.50. The van der Waals surface area contributed by atoms with Gasteiger partial charge < -0.3 is 9.84 Å². The molecule has 6 heteroatoms. The van der Waals surface area contributed by atoms with Crippen molar-refractivity contribution >= 4 is 0 Å². The summed E-state index contributed by atoms with van der Waals surface area (Å²) >= 11 is 0. The molecule has 0 aliphatic carbocycles. The first-order valence-corrected chi connectivity index (χ1v) is 8.56. The van der Waals surface area contributed by atoms with Gasteiger partial charge in [0.25, 0.3) is 0 Å². The van der Waals surface area contributed by atoms with Crippen molar-refractivity contribution < 1.29 is 9.84 Å². The Balaban J connectivity index is 1.52. The molecule has 0 spiro atoms. The molecular weight excluding hydrogens is 328 g/mol. The molecule has 0 saturated heterocycles. The lowest BCUT2D eigenvalue weighted by Crippen LogP contribution is -2.31. The van der Waals surface area contributed by atoms with Gasteiger partial charge in [-0.25, -0.2) is 9.97 Å². The first kappa shape index (κ1) is 16.5. The highest BCUT2D eigenvalue weighted by molar-refractivity contribution is 5.54. The van der Waals surface area contributed by atoms with Crippen molar-refractivity contribution in [3.63, 3.8) is 0 Å². The first-order chi connectivity index (χ1) is 12.7. The molecule has 1 aromatic carbocycles. The van der Waals surface area contributed by atoms with Gasteiger partial charge in [-0.15, -0.1) is 0 Å². The summed E-state index contributed by atoms with van der Waals surface area (Å²) in [6, 6.07) is 9.38. The maximum atomic E-state index is 9.97. The Hall–Kier alpha value is -2.99. The molecule has 3 aromatic rings. The van der Waals surface area contributed by atoms with E-state index in [1.807, 2.05) is 24.4 Å². The Morgan fingerprint density at radius 2 is 2.04 bits per heavy atom. The van der Waals surface area contributed by atoms with Crippen LogP contribution in [0.15, 0.2) is 48.9 Å². The second-order valence-electron chi connectivity index (χ2n) is 6.37. The lowest BCUT2D eigenvalue weighted by Gasteiger charge is -2.28. The van der Waals surface area contributed by atoms with Crippen molar-refractivity contribution in [1.82, 2.24) is 19.9 Å². The molecule has 0 fully saturated rings. The van der Waals surface area contributed by atoms with E-state index in [2.05, 4.69) is 14.9 Å². The van der Waals surface area contributed by atoms with Crippen molar-refractivity contribution in [1.29, 1.82) is 0 Å².